The Balaban J connectivity index is 3.20. The molecule has 0 aromatic carbocycles. The van der Waals surface area contributed by atoms with Crippen molar-refractivity contribution < 1.29 is 31.6 Å². The van der Waals surface area contributed by atoms with Gasteiger partial charge in [-0.3, -0.25) is 0 Å². The molecular weight excluding hydrogens is 359 g/mol. The van der Waals surface area contributed by atoms with Gasteiger partial charge in [0.15, 0.2) is 0 Å². The van der Waals surface area contributed by atoms with Gasteiger partial charge in [0, 0.05) is 0 Å². The molecule has 3 nitrogen and oxygen atoms in total. The monoisotopic (exact) mass is 375 g/mol. The molecular formula is C8H16F3GeN3Zr. The standard InChI is InChI=1S/C5H4F3Ge.3CH4N.Zr/c6-9(7,8)5-3-1-2-4-5;3*1-2;/h1,3H,2H2;3*2H,1H3;/q;3*-1;+3. The molecule has 0 aliphatic heterocycles. The number of hydrogen-bond acceptors (Lipinski definition) is 3. The number of rotatable bonds is 5. The van der Waals surface area contributed by atoms with Gasteiger partial charge < -0.3 is 0 Å². The molecule has 0 saturated carbocycles. The molecule has 3 N–H and O–H groups in total. The summed E-state index contributed by atoms with van der Waals surface area (Å²) in [6.45, 7) is 0. The Morgan fingerprint density at radius 2 is 1.62 bits per heavy atom. The van der Waals surface area contributed by atoms with E-state index in [1.165, 1.54) is 6.08 Å². The van der Waals surface area contributed by atoms with Gasteiger partial charge in [-0.15, -0.1) is 0 Å². The van der Waals surface area contributed by atoms with Crippen LogP contribution < -0.4 is 9.78 Å². The van der Waals surface area contributed by atoms with E-state index in [1.54, 1.807) is 27.2 Å². The second-order valence-electron chi connectivity index (χ2n) is 3.50. The SMILES string of the molecule is C[NH][Zr]([NH]C)([NH]C)[C]1=[C]([Ge]([F])([F])[F])C=CC1. The summed E-state index contributed by atoms with van der Waals surface area (Å²) in [6.07, 6.45) is 3.28. The van der Waals surface area contributed by atoms with Crippen molar-refractivity contribution >= 4 is 14.7 Å². The third-order valence-corrected chi connectivity index (χ3v) is 15.3. The first-order valence-electron chi connectivity index (χ1n) is 4.95. The molecule has 0 saturated heterocycles. The van der Waals surface area contributed by atoms with Gasteiger partial charge in [-0.2, -0.15) is 0 Å². The maximum atomic E-state index is 13.0. The second kappa shape index (κ2) is 5.48. The summed E-state index contributed by atoms with van der Waals surface area (Å²) < 4.78 is 48.4. The van der Waals surface area contributed by atoms with Crippen molar-refractivity contribution in [3.05, 3.63) is 19.8 Å². The minimum atomic E-state index is -6.23. The zero-order valence-electron chi connectivity index (χ0n) is 9.50. The van der Waals surface area contributed by atoms with Gasteiger partial charge in [0.1, 0.15) is 0 Å². The molecule has 0 aromatic heterocycles. The molecule has 92 valence electrons. The third-order valence-electron chi connectivity index (χ3n) is 2.81. The molecule has 0 unspecified atom stereocenters. The van der Waals surface area contributed by atoms with Crippen molar-refractivity contribution in [3.8, 4) is 0 Å². The molecule has 0 spiro atoms. The van der Waals surface area contributed by atoms with Crippen LogP contribution in [-0.4, -0.2) is 35.8 Å². The van der Waals surface area contributed by atoms with E-state index >= 15 is 0 Å². The quantitative estimate of drug-likeness (QED) is 0.632. The molecule has 0 heterocycles. The Morgan fingerprint density at radius 1 is 1.12 bits per heavy atom. The van der Waals surface area contributed by atoms with Crippen LogP contribution in [0.3, 0.4) is 0 Å². The van der Waals surface area contributed by atoms with Crippen molar-refractivity contribution in [1.29, 1.82) is 0 Å². The molecule has 0 fully saturated rings. The Bertz CT molecular complexity index is 315. The summed E-state index contributed by atoms with van der Waals surface area (Å²) in [5.74, 6) is 0. The van der Waals surface area contributed by atoms with E-state index in [0.29, 0.717) is 9.70 Å². The zero-order valence-corrected chi connectivity index (χ0v) is 14.1. The molecule has 0 atom stereocenters. The predicted octanol–water partition coefficient (Wildman–Crippen LogP) is 1.14. The average molecular weight is 375 g/mol. The van der Waals surface area contributed by atoms with Gasteiger partial charge in [-0.1, -0.05) is 0 Å². The average Bonchev–Trinajstić information content (AvgIpc) is 2.70. The Morgan fingerprint density at radius 3 is 2.00 bits per heavy atom. The fourth-order valence-electron chi connectivity index (χ4n) is 1.95. The van der Waals surface area contributed by atoms with Gasteiger partial charge >= 0.3 is 103 Å². The molecule has 0 bridgehead atoms. The van der Waals surface area contributed by atoms with E-state index in [9.17, 15) is 10.5 Å². The summed E-state index contributed by atoms with van der Waals surface area (Å²) in [7, 11) is 5.15. The summed E-state index contributed by atoms with van der Waals surface area (Å²) >= 11 is -9.61. The number of hydrogen-bond donors (Lipinski definition) is 3. The van der Waals surface area contributed by atoms with Crippen LogP contribution in [0.4, 0.5) is 10.5 Å². The van der Waals surface area contributed by atoms with Crippen molar-refractivity contribution in [2.75, 3.05) is 21.1 Å². The van der Waals surface area contributed by atoms with Crippen LogP contribution in [0.25, 0.3) is 0 Å². The van der Waals surface area contributed by atoms with Crippen molar-refractivity contribution in [1.82, 2.24) is 9.78 Å². The van der Waals surface area contributed by atoms with Crippen molar-refractivity contribution in [2.45, 2.75) is 6.42 Å². The first-order chi connectivity index (χ1) is 7.41. The number of allylic oxidation sites excluding steroid dienone is 4. The Labute approximate surface area is 103 Å². The topological polar surface area (TPSA) is 36.1 Å². The van der Waals surface area contributed by atoms with E-state index in [1.807, 2.05) is 0 Å². The Hall–Kier alpha value is 0.576. The van der Waals surface area contributed by atoms with Gasteiger partial charge in [0.25, 0.3) is 0 Å². The third kappa shape index (κ3) is 2.69. The van der Waals surface area contributed by atoms with E-state index in [0.717, 1.165) is 0 Å². The first kappa shape index (κ1) is 14.6. The molecule has 0 aromatic rings. The van der Waals surface area contributed by atoms with E-state index in [-0.39, 0.29) is 4.41 Å². The van der Waals surface area contributed by atoms with E-state index in [4.69, 9.17) is 0 Å². The van der Waals surface area contributed by atoms with E-state index in [2.05, 4.69) is 9.78 Å². The summed E-state index contributed by atoms with van der Waals surface area (Å²) in [5.41, 5.74) is 0. The maximum absolute atomic E-state index is 13.0. The van der Waals surface area contributed by atoms with Crippen molar-refractivity contribution in [3.63, 3.8) is 0 Å². The molecule has 0 amide bonds. The zero-order chi connectivity index (χ0) is 12.4. The Kier molecular flexibility index (Phi) is 5.01. The predicted molar refractivity (Wildman–Crippen MR) is 57.0 cm³/mol. The van der Waals surface area contributed by atoms with Crippen LogP contribution in [0.5, 0.6) is 0 Å². The van der Waals surface area contributed by atoms with Gasteiger partial charge in [-0.25, -0.2) is 0 Å². The van der Waals surface area contributed by atoms with Gasteiger partial charge in [0.2, 0.25) is 0 Å². The van der Waals surface area contributed by atoms with Crippen molar-refractivity contribution in [2.24, 2.45) is 0 Å². The summed E-state index contributed by atoms with van der Waals surface area (Å²) in [5, 5.41) is 0. The van der Waals surface area contributed by atoms with Crippen LogP contribution in [0.2, 0.25) is 0 Å². The summed E-state index contributed by atoms with van der Waals surface area (Å²) in [6, 6.07) is 0. The number of halogens is 3. The molecule has 8 heteroatoms. The summed E-state index contributed by atoms with van der Waals surface area (Å²) in [4.78, 5) is 0. The van der Waals surface area contributed by atoms with Crippen LogP contribution in [-0.2, 0) is 21.1 Å². The van der Waals surface area contributed by atoms with E-state index < -0.39 is 35.8 Å². The molecule has 1 aliphatic carbocycles. The van der Waals surface area contributed by atoms with Crippen LogP contribution in [0.1, 0.15) is 6.42 Å². The molecule has 1 aliphatic rings. The van der Waals surface area contributed by atoms with Crippen LogP contribution >= 0.6 is 0 Å². The minimum absolute atomic E-state index is 0.311. The fourth-order valence-corrected chi connectivity index (χ4v) is 14.0. The molecule has 0 radical (unpaired) electrons. The number of nitrogens with one attached hydrogen (secondary N) is 3. The first-order valence-corrected chi connectivity index (χ1v) is 13.3. The van der Waals surface area contributed by atoms with Gasteiger partial charge in [-0.05, 0) is 0 Å². The fraction of sp³-hybridized carbons (Fsp3) is 0.500. The van der Waals surface area contributed by atoms with Crippen LogP contribution in [0.15, 0.2) is 19.8 Å². The molecule has 16 heavy (non-hydrogen) atoms. The molecule has 1 rings (SSSR count). The van der Waals surface area contributed by atoms with Gasteiger partial charge in [0.05, 0.1) is 0 Å². The van der Waals surface area contributed by atoms with Crippen LogP contribution in [0, 0.1) is 0 Å². The second-order valence-corrected chi connectivity index (χ2v) is 15.6. The normalized spacial score (nSPS) is 17.4.